The highest BCUT2D eigenvalue weighted by Crippen LogP contribution is 2.23. The fourth-order valence-electron chi connectivity index (χ4n) is 1.97. The van der Waals surface area contributed by atoms with E-state index in [4.69, 9.17) is 10.5 Å². The second kappa shape index (κ2) is 5.30. The summed E-state index contributed by atoms with van der Waals surface area (Å²) in [5.41, 5.74) is 5.66. The lowest BCUT2D eigenvalue weighted by Gasteiger charge is -2.30. The molecule has 0 spiro atoms. The molecule has 0 unspecified atom stereocenters. The summed E-state index contributed by atoms with van der Waals surface area (Å²) >= 11 is 0. The van der Waals surface area contributed by atoms with Crippen LogP contribution in [0.5, 0.6) is 0 Å². The number of esters is 1. The number of ether oxygens (including phenoxy) is 1. The van der Waals surface area contributed by atoms with E-state index in [9.17, 15) is 13.2 Å². The van der Waals surface area contributed by atoms with Gasteiger partial charge in [-0.25, -0.2) is 8.42 Å². The predicted octanol–water partition coefficient (Wildman–Crippen LogP) is 0.636. The van der Waals surface area contributed by atoms with Crippen LogP contribution < -0.4 is 5.73 Å². The molecule has 1 heterocycles. The molecule has 0 radical (unpaired) electrons. The minimum Gasteiger partial charge on any atom is -0.459 e. The van der Waals surface area contributed by atoms with Crippen LogP contribution in [0.4, 0.5) is 0 Å². The number of hydrogen-bond acceptors (Lipinski definition) is 5. The van der Waals surface area contributed by atoms with Crippen LogP contribution in [0, 0.1) is 0 Å². The van der Waals surface area contributed by atoms with Gasteiger partial charge >= 0.3 is 5.97 Å². The molecular weight excluding hydrogens is 266 g/mol. The number of nitrogens with two attached hydrogens (primary N) is 1. The van der Waals surface area contributed by atoms with Crippen LogP contribution in [0.25, 0.3) is 0 Å². The van der Waals surface area contributed by atoms with Crippen LogP contribution in [-0.4, -0.2) is 31.4 Å². The fraction of sp³-hybridized carbons (Fsp3) is 0.462. The maximum atomic E-state index is 12.0. The Balaban J connectivity index is 1.93. The van der Waals surface area contributed by atoms with Gasteiger partial charge in [0.2, 0.25) is 0 Å². The summed E-state index contributed by atoms with van der Waals surface area (Å²) in [5, 5.41) is 0. The van der Waals surface area contributed by atoms with Crippen molar-refractivity contribution in [2.45, 2.75) is 25.0 Å². The van der Waals surface area contributed by atoms with Gasteiger partial charge < -0.3 is 10.5 Å². The van der Waals surface area contributed by atoms with Gasteiger partial charge in [-0.1, -0.05) is 30.3 Å². The Morgan fingerprint density at radius 3 is 2.37 bits per heavy atom. The third kappa shape index (κ3) is 3.54. The minimum absolute atomic E-state index is 0.0516. The van der Waals surface area contributed by atoms with Crippen molar-refractivity contribution in [3.8, 4) is 0 Å². The first-order chi connectivity index (χ1) is 8.91. The van der Waals surface area contributed by atoms with Gasteiger partial charge in [0.05, 0.1) is 11.5 Å². The summed E-state index contributed by atoms with van der Waals surface area (Å²) in [6.07, 6.45) is 0.256. The van der Waals surface area contributed by atoms with E-state index < -0.39 is 21.3 Å². The number of sulfone groups is 1. The molecule has 0 amide bonds. The second-order valence-corrected chi connectivity index (χ2v) is 7.17. The molecule has 1 aromatic rings. The zero-order chi connectivity index (χ0) is 13.9. The van der Waals surface area contributed by atoms with Crippen LogP contribution in [0.2, 0.25) is 0 Å². The fourth-order valence-corrected chi connectivity index (χ4v) is 3.53. The van der Waals surface area contributed by atoms with Gasteiger partial charge in [-0.15, -0.1) is 0 Å². The summed E-state index contributed by atoms with van der Waals surface area (Å²) in [6, 6.07) is 9.29. The van der Waals surface area contributed by atoms with Crippen LogP contribution in [0.1, 0.15) is 18.4 Å². The molecule has 19 heavy (non-hydrogen) atoms. The smallest absolute Gasteiger partial charge is 0.326 e. The summed E-state index contributed by atoms with van der Waals surface area (Å²) in [4.78, 5) is 12.0. The zero-order valence-electron chi connectivity index (χ0n) is 10.5. The SMILES string of the molecule is NC1(C(=O)OCc2ccccc2)CCS(=O)(=O)CC1. The van der Waals surface area contributed by atoms with E-state index in [1.165, 1.54) is 0 Å². The van der Waals surface area contributed by atoms with Crippen LogP contribution in [-0.2, 0) is 26.0 Å². The van der Waals surface area contributed by atoms with Gasteiger partial charge in [0.15, 0.2) is 0 Å². The van der Waals surface area contributed by atoms with E-state index >= 15 is 0 Å². The lowest BCUT2D eigenvalue weighted by atomic mass is 9.94. The molecule has 0 aromatic heterocycles. The number of rotatable bonds is 3. The lowest BCUT2D eigenvalue weighted by molar-refractivity contribution is -0.151. The Labute approximate surface area is 112 Å². The van der Waals surface area contributed by atoms with Crippen LogP contribution in [0.3, 0.4) is 0 Å². The van der Waals surface area contributed by atoms with E-state index in [0.717, 1.165) is 5.56 Å². The number of carbonyl (C=O) groups is 1. The summed E-state index contributed by atoms with van der Waals surface area (Å²) in [7, 11) is -3.04. The molecule has 104 valence electrons. The first kappa shape index (κ1) is 14.0. The van der Waals surface area contributed by atoms with Crippen molar-refractivity contribution >= 4 is 15.8 Å². The van der Waals surface area contributed by atoms with Gasteiger partial charge in [-0.2, -0.15) is 0 Å². The molecule has 0 atom stereocenters. The average Bonchev–Trinajstić information content (AvgIpc) is 2.41. The van der Waals surface area contributed by atoms with E-state index in [2.05, 4.69) is 0 Å². The quantitative estimate of drug-likeness (QED) is 0.822. The van der Waals surface area contributed by atoms with E-state index in [-0.39, 0.29) is 31.0 Å². The molecule has 0 aliphatic carbocycles. The molecule has 5 nitrogen and oxygen atoms in total. The molecular formula is C13H17NO4S. The standard InChI is InChI=1S/C13H17NO4S/c14-13(6-8-19(16,17)9-7-13)12(15)18-10-11-4-2-1-3-5-11/h1-5H,6-10,14H2. The third-order valence-electron chi connectivity index (χ3n) is 3.34. The van der Waals surface area contributed by atoms with Crippen molar-refractivity contribution in [2.24, 2.45) is 5.73 Å². The topological polar surface area (TPSA) is 86.5 Å². The van der Waals surface area contributed by atoms with Crippen LogP contribution in [0.15, 0.2) is 30.3 Å². The second-order valence-electron chi connectivity index (χ2n) is 4.87. The van der Waals surface area contributed by atoms with E-state index in [1.807, 2.05) is 30.3 Å². The zero-order valence-corrected chi connectivity index (χ0v) is 11.4. The van der Waals surface area contributed by atoms with Crippen molar-refractivity contribution in [2.75, 3.05) is 11.5 Å². The number of hydrogen-bond donors (Lipinski definition) is 1. The molecule has 1 saturated heterocycles. The monoisotopic (exact) mass is 283 g/mol. The molecule has 6 heteroatoms. The number of carbonyl (C=O) groups excluding carboxylic acids is 1. The van der Waals surface area contributed by atoms with Crippen molar-refractivity contribution in [1.82, 2.24) is 0 Å². The molecule has 1 fully saturated rings. The van der Waals surface area contributed by atoms with Gasteiger partial charge in [0.25, 0.3) is 0 Å². The third-order valence-corrected chi connectivity index (χ3v) is 4.99. The molecule has 1 aromatic carbocycles. The molecule has 1 aliphatic heterocycles. The Morgan fingerprint density at radius 1 is 1.21 bits per heavy atom. The maximum absolute atomic E-state index is 12.0. The van der Waals surface area contributed by atoms with E-state index in [1.54, 1.807) is 0 Å². The highest BCUT2D eigenvalue weighted by atomic mass is 32.2. The largest absolute Gasteiger partial charge is 0.459 e. The van der Waals surface area contributed by atoms with Gasteiger partial charge in [-0.3, -0.25) is 4.79 Å². The Morgan fingerprint density at radius 2 is 1.79 bits per heavy atom. The van der Waals surface area contributed by atoms with Crippen LogP contribution >= 0.6 is 0 Å². The van der Waals surface area contributed by atoms with Crippen molar-refractivity contribution < 1.29 is 17.9 Å². The van der Waals surface area contributed by atoms with E-state index in [0.29, 0.717) is 0 Å². The molecule has 2 rings (SSSR count). The first-order valence-electron chi connectivity index (χ1n) is 6.12. The summed E-state index contributed by atoms with van der Waals surface area (Å²) < 4.78 is 27.8. The minimum atomic E-state index is -3.04. The first-order valence-corrected chi connectivity index (χ1v) is 7.94. The Kier molecular flexibility index (Phi) is 3.91. The van der Waals surface area contributed by atoms with Crippen molar-refractivity contribution in [1.29, 1.82) is 0 Å². The molecule has 1 aliphatic rings. The van der Waals surface area contributed by atoms with Gasteiger partial charge in [0, 0.05) is 0 Å². The number of benzene rings is 1. The molecule has 0 saturated carbocycles. The van der Waals surface area contributed by atoms with Gasteiger partial charge in [0.1, 0.15) is 22.0 Å². The lowest BCUT2D eigenvalue weighted by Crippen LogP contribution is -2.54. The highest BCUT2D eigenvalue weighted by Gasteiger charge is 2.41. The normalized spacial score (nSPS) is 20.7. The molecule has 0 bridgehead atoms. The van der Waals surface area contributed by atoms with Gasteiger partial charge in [-0.05, 0) is 18.4 Å². The molecule has 2 N–H and O–H groups in total. The van der Waals surface area contributed by atoms with Crippen molar-refractivity contribution in [3.63, 3.8) is 0 Å². The maximum Gasteiger partial charge on any atom is 0.326 e. The highest BCUT2D eigenvalue weighted by molar-refractivity contribution is 7.91. The van der Waals surface area contributed by atoms with Crippen molar-refractivity contribution in [3.05, 3.63) is 35.9 Å². The average molecular weight is 283 g/mol. The summed E-state index contributed by atoms with van der Waals surface area (Å²) in [6.45, 7) is 0.158. The summed E-state index contributed by atoms with van der Waals surface area (Å²) in [5.74, 6) is -0.625. The Bertz CT molecular complexity index is 539. The predicted molar refractivity (Wildman–Crippen MR) is 71.0 cm³/mol. The Hall–Kier alpha value is -1.40.